The third-order valence-electron chi connectivity index (χ3n) is 4.14. The molecule has 2 nitrogen and oxygen atoms in total. The Kier molecular flexibility index (Phi) is 3.58. The van der Waals surface area contributed by atoms with Crippen LogP contribution in [0.2, 0.25) is 0 Å². The Balaban J connectivity index is 1.84. The molecule has 2 unspecified atom stereocenters. The Bertz CT molecular complexity index is 895. The molecule has 0 saturated carbocycles. The lowest BCUT2D eigenvalue weighted by atomic mass is 9.91. The van der Waals surface area contributed by atoms with Gasteiger partial charge in [0.15, 0.2) is 0 Å². The number of thiophene rings is 1. The van der Waals surface area contributed by atoms with E-state index in [1.165, 1.54) is 10.1 Å². The van der Waals surface area contributed by atoms with Crippen molar-refractivity contribution >= 4 is 43.3 Å². The van der Waals surface area contributed by atoms with Crippen molar-refractivity contribution in [1.29, 1.82) is 0 Å². The molecule has 1 saturated heterocycles. The van der Waals surface area contributed by atoms with Gasteiger partial charge in [-0.15, -0.1) is 11.3 Å². The van der Waals surface area contributed by atoms with Gasteiger partial charge in [-0.05, 0) is 23.6 Å². The van der Waals surface area contributed by atoms with Gasteiger partial charge in [0.1, 0.15) is 6.10 Å². The van der Waals surface area contributed by atoms with E-state index < -0.39 is 0 Å². The van der Waals surface area contributed by atoms with Crippen molar-refractivity contribution in [3.8, 4) is 0 Å². The lowest BCUT2D eigenvalue weighted by Crippen LogP contribution is -2.06. The van der Waals surface area contributed by atoms with Crippen LogP contribution in [0.15, 0.2) is 71.2 Å². The van der Waals surface area contributed by atoms with Crippen LogP contribution in [0.25, 0.3) is 10.1 Å². The van der Waals surface area contributed by atoms with Crippen molar-refractivity contribution < 1.29 is 9.53 Å². The van der Waals surface area contributed by atoms with E-state index in [-0.39, 0.29) is 18.0 Å². The molecule has 1 aromatic heterocycles. The van der Waals surface area contributed by atoms with Crippen molar-refractivity contribution in [3.63, 3.8) is 0 Å². The Morgan fingerprint density at radius 3 is 2.61 bits per heavy atom. The topological polar surface area (TPSA) is 26.3 Å². The fourth-order valence-electron chi connectivity index (χ4n) is 2.99. The average Bonchev–Trinajstić information content (AvgIpc) is 3.09. The number of esters is 1. The van der Waals surface area contributed by atoms with Crippen LogP contribution in [0.4, 0.5) is 0 Å². The van der Waals surface area contributed by atoms with E-state index in [9.17, 15) is 4.79 Å². The molecular weight excluding hydrogens is 372 g/mol. The second-order valence-electron chi connectivity index (χ2n) is 5.54. The maximum absolute atomic E-state index is 12.1. The molecule has 0 aliphatic carbocycles. The summed E-state index contributed by atoms with van der Waals surface area (Å²) in [6, 6.07) is 18.2. The minimum Gasteiger partial charge on any atom is -0.453 e. The smallest absolute Gasteiger partial charge is 0.334 e. The van der Waals surface area contributed by atoms with E-state index in [4.69, 9.17) is 4.74 Å². The van der Waals surface area contributed by atoms with Crippen LogP contribution < -0.4 is 0 Å². The molecule has 2 heterocycles. The number of carbonyl (C=O) groups excluding carboxylic acids is 1. The van der Waals surface area contributed by atoms with Gasteiger partial charge in [0, 0.05) is 25.2 Å². The van der Waals surface area contributed by atoms with E-state index in [2.05, 4.69) is 40.7 Å². The van der Waals surface area contributed by atoms with Crippen LogP contribution in [0.5, 0.6) is 0 Å². The Morgan fingerprint density at radius 1 is 1.09 bits per heavy atom. The van der Waals surface area contributed by atoms with E-state index in [1.807, 2.05) is 36.4 Å². The van der Waals surface area contributed by atoms with Gasteiger partial charge >= 0.3 is 5.97 Å². The monoisotopic (exact) mass is 384 g/mol. The predicted octanol–water partition coefficient (Wildman–Crippen LogP) is 5.60. The Hall–Kier alpha value is -1.91. The number of hydrogen-bond donors (Lipinski definition) is 0. The third kappa shape index (κ3) is 2.42. The van der Waals surface area contributed by atoms with Gasteiger partial charge in [-0.25, -0.2) is 4.79 Å². The number of rotatable bonds is 2. The van der Waals surface area contributed by atoms with Gasteiger partial charge in [-0.3, -0.25) is 0 Å². The van der Waals surface area contributed by atoms with Crippen molar-refractivity contribution in [3.05, 3.63) is 81.7 Å². The highest BCUT2D eigenvalue weighted by Gasteiger charge is 2.42. The summed E-state index contributed by atoms with van der Waals surface area (Å²) < 4.78 is 7.79. The van der Waals surface area contributed by atoms with Gasteiger partial charge in [0.25, 0.3) is 0 Å². The van der Waals surface area contributed by atoms with Gasteiger partial charge in [-0.1, -0.05) is 58.9 Å². The molecule has 4 rings (SSSR count). The zero-order valence-electron chi connectivity index (χ0n) is 12.2. The zero-order chi connectivity index (χ0) is 16.0. The first-order chi connectivity index (χ1) is 11.1. The van der Waals surface area contributed by atoms with E-state index in [0.717, 1.165) is 14.9 Å². The molecule has 3 aromatic rings. The number of halogens is 1. The minimum atomic E-state index is -0.335. The van der Waals surface area contributed by atoms with Crippen LogP contribution in [0, 0.1) is 0 Å². The van der Waals surface area contributed by atoms with Crippen molar-refractivity contribution in [2.75, 3.05) is 0 Å². The standard InChI is InChI=1S/C19H13BrO2S/c1-11-17(16-10-12-6-2-5-9-15(12)23-16)18(22-19(11)21)13-7-3-4-8-14(13)20/h2-10,17-18H,1H2. The molecule has 4 heteroatoms. The van der Waals surface area contributed by atoms with Gasteiger partial charge < -0.3 is 4.74 Å². The maximum atomic E-state index is 12.1. The summed E-state index contributed by atoms with van der Waals surface area (Å²) in [6.07, 6.45) is -0.335. The first-order valence-electron chi connectivity index (χ1n) is 7.28. The summed E-state index contributed by atoms with van der Waals surface area (Å²) in [5.41, 5.74) is 1.50. The highest BCUT2D eigenvalue weighted by molar-refractivity contribution is 9.10. The lowest BCUT2D eigenvalue weighted by molar-refractivity contribution is -0.139. The number of benzene rings is 2. The highest BCUT2D eigenvalue weighted by atomic mass is 79.9. The summed E-state index contributed by atoms with van der Waals surface area (Å²) in [6.45, 7) is 3.99. The molecule has 0 radical (unpaired) electrons. The summed E-state index contributed by atoms with van der Waals surface area (Å²) in [5, 5.41) is 1.19. The van der Waals surface area contributed by atoms with Crippen LogP contribution in [0.3, 0.4) is 0 Å². The number of carbonyl (C=O) groups is 1. The number of ether oxygens (including phenoxy) is 1. The predicted molar refractivity (Wildman–Crippen MR) is 96.7 cm³/mol. The van der Waals surface area contributed by atoms with E-state index >= 15 is 0 Å². The molecule has 0 spiro atoms. The van der Waals surface area contributed by atoms with E-state index in [0.29, 0.717) is 5.57 Å². The molecule has 114 valence electrons. The molecule has 0 bridgehead atoms. The van der Waals surface area contributed by atoms with Crippen LogP contribution in [-0.2, 0) is 9.53 Å². The number of fused-ring (bicyclic) bond motifs is 1. The molecule has 1 aliphatic rings. The molecule has 1 aliphatic heterocycles. The number of hydrogen-bond acceptors (Lipinski definition) is 3. The van der Waals surface area contributed by atoms with Gasteiger partial charge in [-0.2, -0.15) is 0 Å². The summed E-state index contributed by atoms with van der Waals surface area (Å²) >= 11 is 5.26. The quantitative estimate of drug-likeness (QED) is 0.424. The first kappa shape index (κ1) is 14.7. The molecule has 0 N–H and O–H groups in total. The van der Waals surface area contributed by atoms with Gasteiger partial charge in [0.05, 0.1) is 5.92 Å². The molecule has 1 fully saturated rings. The molecule has 23 heavy (non-hydrogen) atoms. The summed E-state index contributed by atoms with van der Waals surface area (Å²) in [5.74, 6) is -0.452. The van der Waals surface area contributed by atoms with Crippen molar-refractivity contribution in [2.45, 2.75) is 12.0 Å². The normalized spacial score (nSPS) is 20.9. The second kappa shape index (κ2) is 5.62. The Labute approximate surface area is 146 Å². The van der Waals surface area contributed by atoms with Crippen LogP contribution >= 0.6 is 27.3 Å². The van der Waals surface area contributed by atoms with Crippen molar-refractivity contribution in [1.82, 2.24) is 0 Å². The fourth-order valence-corrected chi connectivity index (χ4v) is 4.73. The van der Waals surface area contributed by atoms with Crippen LogP contribution in [0.1, 0.15) is 22.5 Å². The number of cyclic esters (lactones) is 1. The summed E-state index contributed by atoms with van der Waals surface area (Å²) in [7, 11) is 0. The lowest BCUT2D eigenvalue weighted by Gasteiger charge is -2.18. The maximum Gasteiger partial charge on any atom is 0.334 e. The minimum absolute atomic E-state index is 0.140. The fraction of sp³-hybridized carbons (Fsp3) is 0.105. The Morgan fingerprint density at radius 2 is 1.83 bits per heavy atom. The SMILES string of the molecule is C=C1C(=O)OC(c2ccccc2Br)C1c1cc2ccccc2s1. The molecule has 0 amide bonds. The van der Waals surface area contributed by atoms with E-state index in [1.54, 1.807) is 11.3 Å². The summed E-state index contributed by atoms with van der Waals surface area (Å²) in [4.78, 5) is 13.2. The second-order valence-corrected chi connectivity index (χ2v) is 7.51. The largest absolute Gasteiger partial charge is 0.453 e. The van der Waals surface area contributed by atoms with Gasteiger partial charge in [0.2, 0.25) is 0 Å². The highest BCUT2D eigenvalue weighted by Crippen LogP contribution is 2.49. The molecule has 2 aromatic carbocycles. The van der Waals surface area contributed by atoms with Crippen LogP contribution in [-0.4, -0.2) is 5.97 Å². The zero-order valence-corrected chi connectivity index (χ0v) is 14.6. The van der Waals surface area contributed by atoms with Crippen molar-refractivity contribution in [2.24, 2.45) is 0 Å². The molecule has 2 atom stereocenters. The molecular formula is C19H13BrO2S. The first-order valence-corrected chi connectivity index (χ1v) is 8.89. The third-order valence-corrected chi connectivity index (χ3v) is 6.06. The average molecular weight is 385 g/mol.